The molecule has 0 aliphatic heterocycles. The molecule has 118 valence electrons. The SMILES string of the molecule is CCc1ccc(-c2noc3c(=O)n(CCC(=O)O)cnc23)cc1. The molecule has 3 aromatic rings. The van der Waals surface area contributed by atoms with Crippen LogP contribution >= 0.6 is 0 Å². The van der Waals surface area contributed by atoms with Crippen LogP contribution in [0.4, 0.5) is 0 Å². The molecule has 0 atom stereocenters. The number of carboxylic acids is 1. The number of carbonyl (C=O) groups is 1. The summed E-state index contributed by atoms with van der Waals surface area (Å²) in [5.41, 5.74) is 2.50. The highest BCUT2D eigenvalue weighted by molar-refractivity contribution is 5.87. The zero-order chi connectivity index (χ0) is 16.4. The van der Waals surface area contributed by atoms with E-state index in [1.165, 1.54) is 16.5 Å². The highest BCUT2D eigenvalue weighted by Crippen LogP contribution is 2.24. The van der Waals surface area contributed by atoms with Crippen molar-refractivity contribution in [3.05, 3.63) is 46.5 Å². The molecule has 0 spiro atoms. The molecule has 1 N–H and O–H groups in total. The third-order valence-electron chi connectivity index (χ3n) is 3.65. The van der Waals surface area contributed by atoms with E-state index in [1.54, 1.807) is 0 Å². The fourth-order valence-corrected chi connectivity index (χ4v) is 2.32. The summed E-state index contributed by atoms with van der Waals surface area (Å²) < 4.78 is 6.36. The largest absolute Gasteiger partial charge is 0.481 e. The van der Waals surface area contributed by atoms with Crippen LogP contribution in [0.15, 0.2) is 39.9 Å². The van der Waals surface area contributed by atoms with Crippen LogP contribution in [0.5, 0.6) is 0 Å². The van der Waals surface area contributed by atoms with Crippen LogP contribution < -0.4 is 5.56 Å². The number of aliphatic carboxylic acids is 1. The van der Waals surface area contributed by atoms with Gasteiger partial charge < -0.3 is 9.63 Å². The minimum atomic E-state index is -0.980. The average Bonchev–Trinajstić information content (AvgIpc) is 2.99. The Bertz CT molecular complexity index is 909. The van der Waals surface area contributed by atoms with Crippen LogP contribution in [0.2, 0.25) is 0 Å². The van der Waals surface area contributed by atoms with Gasteiger partial charge in [-0.25, -0.2) is 4.98 Å². The van der Waals surface area contributed by atoms with E-state index in [1.807, 2.05) is 24.3 Å². The molecule has 2 heterocycles. The summed E-state index contributed by atoms with van der Waals surface area (Å²) in [6.07, 6.45) is 2.10. The van der Waals surface area contributed by atoms with Gasteiger partial charge in [-0.2, -0.15) is 0 Å². The Morgan fingerprint density at radius 3 is 2.70 bits per heavy atom. The normalized spacial score (nSPS) is 11.0. The topological polar surface area (TPSA) is 98.2 Å². The fraction of sp³-hybridized carbons (Fsp3) is 0.250. The molecule has 2 aromatic heterocycles. The Labute approximate surface area is 131 Å². The summed E-state index contributed by atoms with van der Waals surface area (Å²) in [6.45, 7) is 2.11. The first-order chi connectivity index (χ1) is 11.1. The molecule has 0 amide bonds. The lowest BCUT2D eigenvalue weighted by Crippen LogP contribution is -2.21. The molecule has 7 heteroatoms. The first kappa shape index (κ1) is 15.0. The highest BCUT2D eigenvalue weighted by Gasteiger charge is 2.16. The maximum Gasteiger partial charge on any atom is 0.305 e. The van der Waals surface area contributed by atoms with E-state index in [4.69, 9.17) is 9.63 Å². The second-order valence-corrected chi connectivity index (χ2v) is 5.15. The first-order valence-electron chi connectivity index (χ1n) is 7.26. The van der Waals surface area contributed by atoms with E-state index in [0.717, 1.165) is 12.0 Å². The number of hydrogen-bond acceptors (Lipinski definition) is 5. The van der Waals surface area contributed by atoms with Crippen molar-refractivity contribution in [2.75, 3.05) is 0 Å². The van der Waals surface area contributed by atoms with Crippen LogP contribution in [0.25, 0.3) is 22.4 Å². The number of rotatable bonds is 5. The zero-order valence-electron chi connectivity index (χ0n) is 12.5. The molecule has 0 radical (unpaired) electrons. The van der Waals surface area contributed by atoms with Crippen molar-refractivity contribution in [3.63, 3.8) is 0 Å². The summed E-state index contributed by atoms with van der Waals surface area (Å²) in [7, 11) is 0. The van der Waals surface area contributed by atoms with Crippen LogP contribution in [0.3, 0.4) is 0 Å². The van der Waals surface area contributed by atoms with Gasteiger partial charge in [0.25, 0.3) is 11.1 Å². The molecule has 7 nitrogen and oxygen atoms in total. The van der Waals surface area contributed by atoms with Gasteiger partial charge in [-0.3, -0.25) is 14.2 Å². The number of hydrogen-bond donors (Lipinski definition) is 1. The van der Waals surface area contributed by atoms with Crippen LogP contribution in [-0.4, -0.2) is 25.8 Å². The minimum absolute atomic E-state index is 0.0347. The van der Waals surface area contributed by atoms with Crippen molar-refractivity contribution in [2.45, 2.75) is 26.3 Å². The van der Waals surface area contributed by atoms with Gasteiger partial charge in [0, 0.05) is 12.1 Å². The molecule has 0 bridgehead atoms. The number of aryl methyl sites for hydroxylation is 2. The molecule has 0 aliphatic carbocycles. The Hall–Kier alpha value is -2.96. The standard InChI is InChI=1S/C16H15N3O4/c1-2-10-3-5-11(6-4-10)13-14-15(23-18-13)16(22)19(9-17-14)8-7-12(20)21/h3-6,9H,2,7-8H2,1H3,(H,20,21). The molecular weight excluding hydrogens is 298 g/mol. The van der Waals surface area contributed by atoms with Crippen LogP contribution in [0, 0.1) is 0 Å². The lowest BCUT2D eigenvalue weighted by molar-refractivity contribution is -0.137. The molecular formula is C16H15N3O4. The third-order valence-corrected chi connectivity index (χ3v) is 3.65. The summed E-state index contributed by atoms with van der Waals surface area (Å²) in [5, 5.41) is 12.7. The van der Waals surface area contributed by atoms with Crippen molar-refractivity contribution < 1.29 is 14.4 Å². The van der Waals surface area contributed by atoms with Crippen LogP contribution in [-0.2, 0) is 17.8 Å². The van der Waals surface area contributed by atoms with E-state index in [0.29, 0.717) is 11.2 Å². The van der Waals surface area contributed by atoms with E-state index in [-0.39, 0.29) is 18.5 Å². The summed E-state index contributed by atoms with van der Waals surface area (Å²) in [4.78, 5) is 27.1. The summed E-state index contributed by atoms with van der Waals surface area (Å²) in [6, 6.07) is 7.80. The van der Waals surface area contributed by atoms with E-state index >= 15 is 0 Å². The van der Waals surface area contributed by atoms with Gasteiger partial charge in [0.05, 0.1) is 12.7 Å². The Kier molecular flexibility index (Phi) is 3.92. The second kappa shape index (κ2) is 6.04. The van der Waals surface area contributed by atoms with Crippen molar-refractivity contribution in [2.24, 2.45) is 0 Å². The molecule has 3 rings (SSSR count). The van der Waals surface area contributed by atoms with Gasteiger partial charge in [-0.1, -0.05) is 36.3 Å². The van der Waals surface area contributed by atoms with Gasteiger partial charge in [0.1, 0.15) is 11.2 Å². The van der Waals surface area contributed by atoms with Crippen molar-refractivity contribution in [1.82, 2.24) is 14.7 Å². The maximum absolute atomic E-state index is 12.3. The smallest absolute Gasteiger partial charge is 0.305 e. The zero-order valence-corrected chi connectivity index (χ0v) is 12.5. The van der Waals surface area contributed by atoms with Gasteiger partial charge in [0.15, 0.2) is 0 Å². The highest BCUT2D eigenvalue weighted by atomic mass is 16.5. The second-order valence-electron chi connectivity index (χ2n) is 5.15. The monoisotopic (exact) mass is 313 g/mol. The molecule has 0 aliphatic rings. The molecule has 0 saturated carbocycles. The molecule has 0 fully saturated rings. The number of aromatic nitrogens is 3. The maximum atomic E-state index is 12.3. The van der Waals surface area contributed by atoms with Gasteiger partial charge >= 0.3 is 5.97 Å². The lowest BCUT2D eigenvalue weighted by atomic mass is 10.1. The minimum Gasteiger partial charge on any atom is -0.481 e. The number of benzene rings is 1. The molecule has 0 saturated heterocycles. The van der Waals surface area contributed by atoms with Gasteiger partial charge in [0.2, 0.25) is 0 Å². The fourth-order valence-electron chi connectivity index (χ4n) is 2.32. The van der Waals surface area contributed by atoms with Gasteiger partial charge in [-0.15, -0.1) is 0 Å². The quantitative estimate of drug-likeness (QED) is 0.774. The van der Waals surface area contributed by atoms with Crippen molar-refractivity contribution in [1.29, 1.82) is 0 Å². The average molecular weight is 313 g/mol. The van der Waals surface area contributed by atoms with E-state index in [2.05, 4.69) is 17.1 Å². The molecule has 1 aromatic carbocycles. The predicted molar refractivity (Wildman–Crippen MR) is 83.1 cm³/mol. The third kappa shape index (κ3) is 2.85. The Morgan fingerprint density at radius 2 is 2.04 bits per heavy atom. The molecule has 0 unspecified atom stereocenters. The van der Waals surface area contributed by atoms with E-state index < -0.39 is 11.5 Å². The van der Waals surface area contributed by atoms with Crippen molar-refractivity contribution in [3.8, 4) is 11.3 Å². The first-order valence-corrected chi connectivity index (χ1v) is 7.26. The van der Waals surface area contributed by atoms with E-state index in [9.17, 15) is 9.59 Å². The number of fused-ring (bicyclic) bond motifs is 1. The summed E-state index contributed by atoms with van der Waals surface area (Å²) in [5.74, 6) is -0.980. The Balaban J connectivity index is 2.02. The predicted octanol–water partition coefficient (Wildman–Crippen LogP) is 2.09. The summed E-state index contributed by atoms with van der Waals surface area (Å²) >= 11 is 0. The lowest BCUT2D eigenvalue weighted by Gasteiger charge is -2.02. The van der Waals surface area contributed by atoms with Gasteiger partial charge in [-0.05, 0) is 12.0 Å². The van der Waals surface area contributed by atoms with Crippen LogP contribution in [0.1, 0.15) is 18.9 Å². The molecule has 23 heavy (non-hydrogen) atoms. The Morgan fingerprint density at radius 1 is 1.30 bits per heavy atom. The number of carboxylic acid groups (broad SMARTS) is 1. The number of nitrogens with zero attached hydrogens (tertiary/aromatic N) is 3. The van der Waals surface area contributed by atoms with Crippen molar-refractivity contribution >= 4 is 17.1 Å².